The minimum atomic E-state index is -0.402. The molecule has 1 heterocycles. The molecular weight excluding hydrogens is 459 g/mol. The first-order valence-corrected chi connectivity index (χ1v) is 11.4. The van der Waals surface area contributed by atoms with Crippen molar-refractivity contribution < 1.29 is 9.59 Å². The summed E-state index contributed by atoms with van der Waals surface area (Å²) in [5.74, 6) is -0.147. The van der Waals surface area contributed by atoms with Crippen LogP contribution in [0.25, 0.3) is 0 Å². The minimum absolute atomic E-state index is 0.0635. The molecule has 33 heavy (non-hydrogen) atoms. The van der Waals surface area contributed by atoms with E-state index in [1.165, 1.54) is 4.90 Å². The molecule has 2 aromatic carbocycles. The highest BCUT2D eigenvalue weighted by molar-refractivity contribution is 6.36. The number of hydrogen-bond donors (Lipinski definition) is 1. The molecule has 3 aromatic rings. The van der Waals surface area contributed by atoms with Crippen LogP contribution in [0.4, 0.5) is 10.5 Å². The van der Waals surface area contributed by atoms with Gasteiger partial charge in [-0.05, 0) is 49.7 Å². The van der Waals surface area contributed by atoms with Gasteiger partial charge in [0.15, 0.2) is 0 Å². The third kappa shape index (κ3) is 6.76. The van der Waals surface area contributed by atoms with Gasteiger partial charge < -0.3 is 19.7 Å². The Kier molecular flexibility index (Phi) is 8.42. The number of nitrogens with one attached hydrogen (secondary N) is 1. The zero-order valence-corrected chi connectivity index (χ0v) is 20.5. The number of carbonyl (C=O) groups is 2. The fourth-order valence-electron chi connectivity index (χ4n) is 3.40. The summed E-state index contributed by atoms with van der Waals surface area (Å²) >= 11 is 12.2. The average molecular weight is 487 g/mol. The molecule has 0 aliphatic rings. The van der Waals surface area contributed by atoms with Crippen molar-refractivity contribution in [2.45, 2.75) is 33.0 Å². The van der Waals surface area contributed by atoms with Crippen molar-refractivity contribution in [1.29, 1.82) is 0 Å². The summed E-state index contributed by atoms with van der Waals surface area (Å²) in [6.45, 7) is 4.56. The molecule has 0 radical (unpaired) electrons. The zero-order chi connectivity index (χ0) is 24.0. The van der Waals surface area contributed by atoms with Crippen LogP contribution >= 0.6 is 23.2 Å². The Labute approximate surface area is 204 Å². The molecule has 0 spiro atoms. The highest BCUT2D eigenvalue weighted by Gasteiger charge is 2.25. The first-order valence-electron chi connectivity index (χ1n) is 10.7. The first kappa shape index (κ1) is 24.7. The number of nitrogens with zero attached hydrogens (tertiary/aromatic N) is 3. The van der Waals surface area contributed by atoms with Crippen LogP contribution in [-0.2, 0) is 24.9 Å². The number of hydrogen-bond acceptors (Lipinski definition) is 2. The Morgan fingerprint density at radius 3 is 2.33 bits per heavy atom. The van der Waals surface area contributed by atoms with Crippen molar-refractivity contribution in [2.24, 2.45) is 7.05 Å². The lowest BCUT2D eigenvalue weighted by Gasteiger charge is -2.30. The second-order valence-corrected chi connectivity index (χ2v) is 8.97. The number of carbonyl (C=O) groups excluding carboxylic acids is 2. The Morgan fingerprint density at radius 1 is 1.00 bits per heavy atom. The van der Waals surface area contributed by atoms with Gasteiger partial charge in [0.2, 0.25) is 5.91 Å². The number of aromatic nitrogens is 1. The van der Waals surface area contributed by atoms with Gasteiger partial charge >= 0.3 is 6.03 Å². The highest BCUT2D eigenvalue weighted by atomic mass is 35.5. The number of amides is 3. The fourth-order valence-corrected chi connectivity index (χ4v) is 3.86. The summed E-state index contributed by atoms with van der Waals surface area (Å²) in [7, 11) is 1.95. The molecule has 8 heteroatoms. The smallest absolute Gasteiger partial charge is 0.322 e. The molecule has 0 bridgehead atoms. The van der Waals surface area contributed by atoms with Crippen LogP contribution in [0.2, 0.25) is 10.0 Å². The van der Waals surface area contributed by atoms with Crippen LogP contribution in [0.15, 0.2) is 66.9 Å². The molecule has 3 rings (SSSR count). The maximum Gasteiger partial charge on any atom is 0.322 e. The van der Waals surface area contributed by atoms with Crippen molar-refractivity contribution in [3.8, 4) is 0 Å². The van der Waals surface area contributed by atoms with Gasteiger partial charge in [-0.2, -0.15) is 0 Å². The Balaban J connectivity index is 1.77. The number of rotatable bonds is 8. The van der Waals surface area contributed by atoms with Gasteiger partial charge in [0.05, 0.1) is 17.3 Å². The average Bonchev–Trinajstić information content (AvgIpc) is 3.18. The molecule has 0 aliphatic heterocycles. The maximum atomic E-state index is 13.4. The van der Waals surface area contributed by atoms with Crippen molar-refractivity contribution in [2.75, 3.05) is 11.9 Å². The van der Waals surface area contributed by atoms with Gasteiger partial charge in [0.25, 0.3) is 0 Å². The Hall–Kier alpha value is -2.96. The molecule has 0 saturated carbocycles. The predicted molar refractivity (Wildman–Crippen MR) is 133 cm³/mol. The van der Waals surface area contributed by atoms with Crippen LogP contribution in [0.3, 0.4) is 0 Å². The largest absolute Gasteiger partial charge is 0.353 e. The lowest BCUT2D eigenvalue weighted by Crippen LogP contribution is -2.47. The van der Waals surface area contributed by atoms with E-state index < -0.39 is 6.03 Å². The van der Waals surface area contributed by atoms with Gasteiger partial charge in [0, 0.05) is 36.5 Å². The third-order valence-corrected chi connectivity index (χ3v) is 5.88. The second-order valence-electron chi connectivity index (χ2n) is 8.12. The van der Waals surface area contributed by atoms with Crippen molar-refractivity contribution >= 4 is 40.8 Å². The van der Waals surface area contributed by atoms with E-state index in [9.17, 15) is 9.59 Å². The number of benzene rings is 2. The molecule has 174 valence electrons. The Morgan fingerprint density at radius 2 is 1.73 bits per heavy atom. The topological polar surface area (TPSA) is 57.6 Å². The predicted octanol–water partition coefficient (Wildman–Crippen LogP) is 5.80. The molecule has 0 fully saturated rings. The molecule has 1 N–H and O–H groups in total. The SMILES string of the molecule is CC(C)N(CC(=O)N(Cc1ccccc1)Cc1cccn1C)C(=O)Nc1ccc(Cl)cc1Cl. The lowest BCUT2D eigenvalue weighted by molar-refractivity contribution is -0.133. The third-order valence-electron chi connectivity index (χ3n) is 5.34. The summed E-state index contributed by atoms with van der Waals surface area (Å²) in [4.78, 5) is 29.7. The van der Waals surface area contributed by atoms with E-state index in [2.05, 4.69) is 5.32 Å². The summed E-state index contributed by atoms with van der Waals surface area (Å²) in [5, 5.41) is 3.60. The van der Waals surface area contributed by atoms with E-state index in [-0.39, 0.29) is 18.5 Å². The zero-order valence-electron chi connectivity index (χ0n) is 19.0. The van der Waals surface area contributed by atoms with Crippen LogP contribution in [0.1, 0.15) is 25.1 Å². The quantitative estimate of drug-likeness (QED) is 0.437. The molecule has 3 amide bonds. The summed E-state index contributed by atoms with van der Waals surface area (Å²) in [6.07, 6.45) is 1.95. The number of urea groups is 1. The van der Waals surface area contributed by atoms with E-state index in [4.69, 9.17) is 23.2 Å². The van der Waals surface area contributed by atoms with Crippen LogP contribution in [-0.4, -0.2) is 38.9 Å². The summed E-state index contributed by atoms with van der Waals surface area (Å²) in [6, 6.07) is 18.0. The van der Waals surface area contributed by atoms with Gasteiger partial charge in [0.1, 0.15) is 6.54 Å². The number of aryl methyl sites for hydroxylation is 1. The second kappa shape index (κ2) is 11.3. The normalized spacial score (nSPS) is 10.8. The van der Waals surface area contributed by atoms with Gasteiger partial charge in [-0.1, -0.05) is 53.5 Å². The van der Waals surface area contributed by atoms with E-state index in [0.717, 1.165) is 11.3 Å². The molecule has 6 nitrogen and oxygen atoms in total. The maximum absolute atomic E-state index is 13.4. The van der Waals surface area contributed by atoms with E-state index in [1.807, 2.05) is 74.1 Å². The molecule has 0 unspecified atom stereocenters. The van der Waals surface area contributed by atoms with Crippen LogP contribution in [0.5, 0.6) is 0 Å². The van der Waals surface area contributed by atoms with Crippen molar-refractivity contribution in [1.82, 2.24) is 14.4 Å². The molecule has 0 saturated heterocycles. The van der Waals surface area contributed by atoms with Crippen LogP contribution < -0.4 is 5.32 Å². The standard InChI is InChI=1S/C25H28Cl2N4O2/c1-18(2)31(25(33)28-23-12-11-20(26)14-22(23)27)17-24(32)30(15-19-8-5-4-6-9-19)16-21-10-7-13-29(21)3/h4-14,18H,15-17H2,1-3H3,(H,28,33). The first-order chi connectivity index (χ1) is 15.7. The molecule has 0 aliphatic carbocycles. The monoisotopic (exact) mass is 486 g/mol. The van der Waals surface area contributed by atoms with Crippen molar-refractivity contribution in [3.63, 3.8) is 0 Å². The van der Waals surface area contributed by atoms with Crippen molar-refractivity contribution in [3.05, 3.63) is 88.2 Å². The van der Waals surface area contributed by atoms with Gasteiger partial charge in [-0.3, -0.25) is 4.79 Å². The molecule has 1 aromatic heterocycles. The van der Waals surface area contributed by atoms with E-state index in [0.29, 0.717) is 28.8 Å². The van der Waals surface area contributed by atoms with E-state index >= 15 is 0 Å². The molecular formula is C25H28Cl2N4O2. The lowest BCUT2D eigenvalue weighted by atomic mass is 10.2. The number of anilines is 1. The van der Waals surface area contributed by atoms with Gasteiger partial charge in [-0.15, -0.1) is 0 Å². The van der Waals surface area contributed by atoms with E-state index in [1.54, 1.807) is 23.1 Å². The minimum Gasteiger partial charge on any atom is -0.353 e. The number of halogens is 2. The summed E-state index contributed by atoms with van der Waals surface area (Å²) < 4.78 is 1.99. The highest BCUT2D eigenvalue weighted by Crippen LogP contribution is 2.26. The van der Waals surface area contributed by atoms with Gasteiger partial charge in [-0.25, -0.2) is 4.79 Å². The Bertz CT molecular complexity index is 1100. The van der Waals surface area contributed by atoms with Crippen LogP contribution in [0, 0.1) is 0 Å². The molecule has 0 atom stereocenters. The summed E-state index contributed by atoms with van der Waals surface area (Å²) in [5.41, 5.74) is 2.47. The fraction of sp³-hybridized carbons (Fsp3) is 0.280.